The monoisotopic (exact) mass is 208 g/mol. The average molecular weight is 209 g/mol. The minimum absolute atomic E-state index is 0. The van der Waals surface area contributed by atoms with Crippen LogP contribution in [0, 0.1) is 5.92 Å². The van der Waals surface area contributed by atoms with Crippen LogP contribution in [-0.2, 0) is 4.79 Å². The molecule has 0 unspecified atom stereocenters. The maximum absolute atomic E-state index is 11.2. The molecule has 80 valence electrons. The van der Waals surface area contributed by atoms with Crippen molar-refractivity contribution >= 4 is 18.3 Å². The van der Waals surface area contributed by atoms with E-state index in [2.05, 4.69) is 19.2 Å². The van der Waals surface area contributed by atoms with Gasteiger partial charge >= 0.3 is 0 Å². The van der Waals surface area contributed by atoms with Crippen molar-refractivity contribution in [1.82, 2.24) is 5.32 Å². The largest absolute Gasteiger partial charge is 0.350 e. The van der Waals surface area contributed by atoms with Crippen molar-refractivity contribution in [3.8, 4) is 0 Å². The molecule has 1 atom stereocenters. The molecule has 0 heterocycles. The van der Waals surface area contributed by atoms with E-state index >= 15 is 0 Å². The second-order valence-corrected chi connectivity index (χ2v) is 4.15. The summed E-state index contributed by atoms with van der Waals surface area (Å²) in [6.45, 7) is 9.82. The van der Waals surface area contributed by atoms with Gasteiger partial charge in [-0.1, -0.05) is 13.8 Å². The van der Waals surface area contributed by atoms with Gasteiger partial charge in [-0.15, -0.1) is 12.4 Å². The number of halogens is 1. The molecule has 0 aliphatic carbocycles. The van der Waals surface area contributed by atoms with Crippen LogP contribution in [0.5, 0.6) is 0 Å². The summed E-state index contributed by atoms with van der Waals surface area (Å²) in [5.41, 5.74) is 5.26. The molecule has 0 rings (SSSR count). The Morgan fingerprint density at radius 3 is 1.92 bits per heavy atom. The fraction of sp³-hybridized carbons (Fsp3) is 0.889. The summed E-state index contributed by atoms with van der Waals surface area (Å²) in [6, 6.07) is -0.428. The third-order valence-electron chi connectivity index (χ3n) is 2.30. The summed E-state index contributed by atoms with van der Waals surface area (Å²) in [5.74, 6) is 0.314. The average Bonchev–Trinajstić information content (AvgIpc) is 1.85. The summed E-state index contributed by atoms with van der Waals surface area (Å²) in [4.78, 5) is 11.2. The van der Waals surface area contributed by atoms with Gasteiger partial charge in [0, 0.05) is 5.54 Å². The second-order valence-electron chi connectivity index (χ2n) is 4.15. The highest BCUT2D eigenvalue weighted by molar-refractivity contribution is 5.85. The van der Waals surface area contributed by atoms with E-state index in [0.29, 0.717) is 5.92 Å². The van der Waals surface area contributed by atoms with Crippen LogP contribution < -0.4 is 11.1 Å². The third kappa shape index (κ3) is 5.11. The third-order valence-corrected chi connectivity index (χ3v) is 2.30. The first kappa shape index (κ1) is 15.2. The quantitative estimate of drug-likeness (QED) is 0.735. The minimum atomic E-state index is -0.428. The molecule has 0 fully saturated rings. The van der Waals surface area contributed by atoms with E-state index in [0.717, 1.165) is 0 Å². The van der Waals surface area contributed by atoms with Crippen molar-refractivity contribution in [3.05, 3.63) is 0 Å². The number of hydrogen-bond acceptors (Lipinski definition) is 2. The Morgan fingerprint density at radius 2 is 1.69 bits per heavy atom. The Bertz CT molecular complexity index is 167. The lowest BCUT2D eigenvalue weighted by Crippen LogP contribution is -2.52. The number of rotatable bonds is 3. The maximum Gasteiger partial charge on any atom is 0.237 e. The molecular formula is C9H21ClN2O. The molecule has 1 amide bonds. The minimum Gasteiger partial charge on any atom is -0.350 e. The summed E-state index contributed by atoms with van der Waals surface area (Å²) >= 11 is 0. The smallest absolute Gasteiger partial charge is 0.237 e. The number of hydrogen-bond donors (Lipinski definition) is 2. The summed E-state index contributed by atoms with van der Waals surface area (Å²) in [6.07, 6.45) is 0. The van der Waals surface area contributed by atoms with Crippen LogP contribution in [0.4, 0.5) is 0 Å². The van der Waals surface area contributed by atoms with Gasteiger partial charge in [-0.25, -0.2) is 0 Å². The molecule has 0 aromatic rings. The molecule has 0 saturated carbocycles. The fourth-order valence-electron chi connectivity index (χ4n) is 0.576. The normalized spacial score (nSPS) is 13.5. The summed E-state index contributed by atoms with van der Waals surface area (Å²) < 4.78 is 0. The standard InChI is InChI=1S/C9H20N2O.ClH/c1-6(2)9(4,5)11-8(12)7(3)10;/h6-7H,10H2,1-5H3,(H,11,12);1H/t7-;/m1./s1. The number of nitrogens with two attached hydrogens (primary N) is 1. The van der Waals surface area contributed by atoms with Crippen LogP contribution in [-0.4, -0.2) is 17.5 Å². The molecule has 0 bridgehead atoms. The Kier molecular flexibility index (Phi) is 6.37. The molecule has 0 aliphatic heterocycles. The molecule has 13 heavy (non-hydrogen) atoms. The Hall–Kier alpha value is -0.280. The number of carbonyl (C=O) groups is 1. The van der Waals surface area contributed by atoms with Gasteiger partial charge in [0.05, 0.1) is 6.04 Å². The lowest BCUT2D eigenvalue weighted by Gasteiger charge is -2.31. The van der Waals surface area contributed by atoms with E-state index in [-0.39, 0.29) is 23.9 Å². The van der Waals surface area contributed by atoms with Crippen molar-refractivity contribution in [1.29, 1.82) is 0 Å². The summed E-state index contributed by atoms with van der Waals surface area (Å²) in [5, 5.41) is 2.89. The summed E-state index contributed by atoms with van der Waals surface area (Å²) in [7, 11) is 0. The van der Waals surface area contributed by atoms with E-state index in [1.807, 2.05) is 13.8 Å². The van der Waals surface area contributed by atoms with Crippen molar-refractivity contribution in [2.75, 3.05) is 0 Å². The zero-order valence-corrected chi connectivity index (χ0v) is 9.87. The zero-order valence-electron chi connectivity index (χ0n) is 9.05. The lowest BCUT2D eigenvalue weighted by molar-refractivity contribution is -0.124. The van der Waals surface area contributed by atoms with Gasteiger partial charge in [-0.2, -0.15) is 0 Å². The van der Waals surface area contributed by atoms with Crippen molar-refractivity contribution in [3.63, 3.8) is 0 Å². The SMILES string of the molecule is CC(C)C(C)(C)NC(=O)[C@@H](C)N.Cl. The first-order valence-electron chi connectivity index (χ1n) is 4.35. The van der Waals surface area contributed by atoms with E-state index < -0.39 is 6.04 Å². The molecule has 3 N–H and O–H groups in total. The molecular weight excluding hydrogens is 188 g/mol. The van der Waals surface area contributed by atoms with Gasteiger partial charge in [-0.3, -0.25) is 4.79 Å². The lowest BCUT2D eigenvalue weighted by atomic mass is 9.90. The van der Waals surface area contributed by atoms with Crippen LogP contribution >= 0.6 is 12.4 Å². The molecule has 0 saturated heterocycles. The Balaban J connectivity index is 0. The van der Waals surface area contributed by atoms with Crippen LogP contribution in [0.1, 0.15) is 34.6 Å². The predicted octanol–water partition coefficient (Wildman–Crippen LogP) is 1.31. The van der Waals surface area contributed by atoms with Crippen LogP contribution in [0.15, 0.2) is 0 Å². The van der Waals surface area contributed by atoms with E-state index in [4.69, 9.17) is 5.73 Å². The number of carbonyl (C=O) groups excluding carboxylic acids is 1. The van der Waals surface area contributed by atoms with Gasteiger partial charge in [-0.05, 0) is 26.7 Å². The van der Waals surface area contributed by atoms with Crippen LogP contribution in [0.3, 0.4) is 0 Å². The predicted molar refractivity (Wildman–Crippen MR) is 58.0 cm³/mol. The van der Waals surface area contributed by atoms with Crippen molar-refractivity contribution in [2.24, 2.45) is 11.7 Å². The van der Waals surface area contributed by atoms with Crippen molar-refractivity contribution in [2.45, 2.75) is 46.2 Å². The molecule has 0 aromatic heterocycles. The molecule has 3 nitrogen and oxygen atoms in total. The molecule has 0 radical (unpaired) electrons. The van der Waals surface area contributed by atoms with E-state index in [9.17, 15) is 4.79 Å². The molecule has 0 spiro atoms. The second kappa shape index (κ2) is 5.45. The topological polar surface area (TPSA) is 55.1 Å². The fourth-order valence-corrected chi connectivity index (χ4v) is 0.576. The van der Waals surface area contributed by atoms with Gasteiger partial charge in [0.25, 0.3) is 0 Å². The van der Waals surface area contributed by atoms with E-state index in [1.54, 1.807) is 6.92 Å². The molecule has 0 aliphatic rings. The van der Waals surface area contributed by atoms with Gasteiger partial charge in [0.1, 0.15) is 0 Å². The van der Waals surface area contributed by atoms with Gasteiger partial charge in [0.2, 0.25) is 5.91 Å². The Morgan fingerprint density at radius 1 is 1.31 bits per heavy atom. The number of amides is 1. The van der Waals surface area contributed by atoms with E-state index in [1.165, 1.54) is 0 Å². The maximum atomic E-state index is 11.2. The van der Waals surface area contributed by atoms with Crippen molar-refractivity contribution < 1.29 is 4.79 Å². The number of nitrogens with one attached hydrogen (secondary N) is 1. The van der Waals surface area contributed by atoms with Gasteiger partial charge in [0.15, 0.2) is 0 Å². The molecule has 4 heteroatoms. The Labute approximate surface area is 86.9 Å². The van der Waals surface area contributed by atoms with Crippen LogP contribution in [0.2, 0.25) is 0 Å². The first-order chi connectivity index (χ1) is 5.27. The zero-order chi connectivity index (χ0) is 9.94. The van der Waals surface area contributed by atoms with Crippen LogP contribution in [0.25, 0.3) is 0 Å². The first-order valence-corrected chi connectivity index (χ1v) is 4.35. The highest BCUT2D eigenvalue weighted by atomic mass is 35.5. The molecule has 0 aromatic carbocycles. The van der Waals surface area contributed by atoms with Gasteiger partial charge < -0.3 is 11.1 Å². The highest BCUT2D eigenvalue weighted by Crippen LogP contribution is 2.14. The highest BCUT2D eigenvalue weighted by Gasteiger charge is 2.25.